The van der Waals surface area contributed by atoms with E-state index in [2.05, 4.69) is 0 Å². The molecule has 62 valence electrons. The van der Waals surface area contributed by atoms with Crippen molar-refractivity contribution in [3.05, 3.63) is 0 Å². The summed E-state index contributed by atoms with van der Waals surface area (Å²) in [4.78, 5) is 0. The minimum Gasteiger partial charge on any atom is -0.205 e. The predicted molar refractivity (Wildman–Crippen MR) is 56.3 cm³/mol. The van der Waals surface area contributed by atoms with Gasteiger partial charge in [-0.3, -0.25) is 0 Å². The molecule has 0 radical (unpaired) electrons. The van der Waals surface area contributed by atoms with E-state index < -0.39 is 7.85 Å². The molecule has 0 unspecified atom stereocenters. The van der Waals surface area contributed by atoms with Gasteiger partial charge in [0.2, 0.25) is 0 Å². The van der Waals surface area contributed by atoms with Gasteiger partial charge in [0.1, 0.15) is 1.93 Å². The second kappa shape index (κ2) is 5.05. The SMILES string of the molecule is CCCCC(F)(F)C(I)I. The van der Waals surface area contributed by atoms with Gasteiger partial charge >= 0.3 is 0 Å². The molecule has 0 aliphatic rings. The summed E-state index contributed by atoms with van der Waals surface area (Å²) in [6, 6.07) is 0. The molecule has 0 aromatic heterocycles. The summed E-state index contributed by atoms with van der Waals surface area (Å²) in [5.74, 6) is -2.48. The van der Waals surface area contributed by atoms with Gasteiger partial charge in [0.05, 0.1) is 0 Å². The fraction of sp³-hybridized carbons (Fsp3) is 1.00. The first-order valence-corrected chi connectivity index (χ1v) is 5.65. The average molecular weight is 374 g/mol. The van der Waals surface area contributed by atoms with Gasteiger partial charge in [-0.15, -0.1) is 0 Å². The third-order valence-corrected chi connectivity index (χ3v) is 3.01. The molecule has 0 saturated carbocycles. The summed E-state index contributed by atoms with van der Waals surface area (Å²) in [6.07, 6.45) is 1.49. The van der Waals surface area contributed by atoms with Crippen molar-refractivity contribution in [2.45, 2.75) is 34.0 Å². The van der Waals surface area contributed by atoms with Crippen LogP contribution in [0.15, 0.2) is 0 Å². The topological polar surface area (TPSA) is 0 Å². The number of halogens is 4. The number of rotatable bonds is 4. The van der Waals surface area contributed by atoms with Crippen LogP contribution in [0, 0.1) is 0 Å². The van der Waals surface area contributed by atoms with E-state index in [0.717, 1.165) is 6.42 Å². The van der Waals surface area contributed by atoms with Gasteiger partial charge in [0.15, 0.2) is 0 Å². The molecular weight excluding hydrogens is 364 g/mol. The highest BCUT2D eigenvalue weighted by atomic mass is 127. The van der Waals surface area contributed by atoms with Crippen molar-refractivity contribution in [3.63, 3.8) is 0 Å². The Balaban J connectivity index is 3.63. The normalized spacial score (nSPS) is 12.6. The van der Waals surface area contributed by atoms with Crippen molar-refractivity contribution < 1.29 is 8.78 Å². The summed E-state index contributed by atoms with van der Waals surface area (Å²) >= 11 is 3.52. The van der Waals surface area contributed by atoms with Gasteiger partial charge in [-0.2, -0.15) is 0 Å². The zero-order valence-electron chi connectivity index (χ0n) is 5.71. The lowest BCUT2D eigenvalue weighted by Gasteiger charge is -2.16. The number of hydrogen-bond donors (Lipinski definition) is 0. The van der Waals surface area contributed by atoms with Crippen LogP contribution in [0.3, 0.4) is 0 Å². The standard InChI is InChI=1S/C6H10F2I2/c1-2-3-4-6(7,8)5(9)10/h5H,2-4H2,1H3. The van der Waals surface area contributed by atoms with Gasteiger partial charge in [0, 0.05) is 6.42 Å². The Labute approximate surface area is 87.4 Å². The van der Waals surface area contributed by atoms with Crippen LogP contribution in [0.1, 0.15) is 26.2 Å². The first kappa shape index (κ1) is 11.3. The van der Waals surface area contributed by atoms with Crippen LogP contribution in [0.4, 0.5) is 8.78 Å². The molecule has 0 nitrogen and oxygen atoms in total. The Morgan fingerprint density at radius 2 is 1.90 bits per heavy atom. The van der Waals surface area contributed by atoms with E-state index in [-0.39, 0.29) is 6.42 Å². The Morgan fingerprint density at radius 3 is 2.20 bits per heavy atom. The smallest absolute Gasteiger partial charge is 0.205 e. The highest BCUT2D eigenvalue weighted by molar-refractivity contribution is 14.2. The quantitative estimate of drug-likeness (QED) is 0.516. The summed E-state index contributed by atoms with van der Waals surface area (Å²) in [5.41, 5.74) is 0. The molecule has 0 saturated heterocycles. The molecule has 0 aromatic rings. The first-order valence-electron chi connectivity index (χ1n) is 3.16. The van der Waals surface area contributed by atoms with Gasteiger partial charge in [-0.25, -0.2) is 8.78 Å². The summed E-state index contributed by atoms with van der Waals surface area (Å²) < 4.78 is 24.9. The lowest BCUT2D eigenvalue weighted by molar-refractivity contribution is 0.0150. The molecule has 0 spiro atoms. The second-order valence-electron chi connectivity index (χ2n) is 2.17. The fourth-order valence-electron chi connectivity index (χ4n) is 0.522. The highest BCUT2D eigenvalue weighted by Crippen LogP contribution is 2.34. The maximum absolute atomic E-state index is 12.7. The molecule has 0 fully saturated rings. The van der Waals surface area contributed by atoms with Crippen molar-refractivity contribution in [2.24, 2.45) is 0 Å². The molecule has 0 rings (SSSR count). The summed E-state index contributed by atoms with van der Waals surface area (Å²) in [6.45, 7) is 1.92. The molecule has 0 aliphatic carbocycles. The Morgan fingerprint density at radius 1 is 1.40 bits per heavy atom. The Kier molecular flexibility index (Phi) is 5.72. The minimum atomic E-state index is -2.48. The van der Waals surface area contributed by atoms with Crippen molar-refractivity contribution in [1.29, 1.82) is 0 Å². The van der Waals surface area contributed by atoms with Gasteiger partial charge < -0.3 is 0 Å². The summed E-state index contributed by atoms with van der Waals surface area (Å²) in [5, 5.41) is 0. The zero-order valence-corrected chi connectivity index (χ0v) is 10.0. The van der Waals surface area contributed by atoms with Crippen LogP contribution < -0.4 is 0 Å². The lowest BCUT2D eigenvalue weighted by atomic mass is 10.2. The van der Waals surface area contributed by atoms with E-state index in [9.17, 15) is 8.78 Å². The van der Waals surface area contributed by atoms with Crippen LogP contribution >= 0.6 is 45.2 Å². The largest absolute Gasteiger partial charge is 0.268 e. The molecule has 0 amide bonds. The van der Waals surface area contributed by atoms with Crippen LogP contribution in [0.5, 0.6) is 0 Å². The van der Waals surface area contributed by atoms with E-state index >= 15 is 0 Å². The Hall–Kier alpha value is 1.32. The second-order valence-corrected chi connectivity index (χ2v) is 7.04. The first-order chi connectivity index (χ1) is 4.50. The van der Waals surface area contributed by atoms with Gasteiger partial charge in [0.25, 0.3) is 5.92 Å². The minimum absolute atomic E-state index is 0.0278. The van der Waals surface area contributed by atoms with E-state index in [1.165, 1.54) is 0 Å². The molecule has 0 atom stereocenters. The van der Waals surface area contributed by atoms with E-state index in [1.54, 1.807) is 45.2 Å². The monoisotopic (exact) mass is 374 g/mol. The third-order valence-electron chi connectivity index (χ3n) is 1.18. The Bertz CT molecular complexity index is 93.7. The van der Waals surface area contributed by atoms with Crippen LogP contribution in [-0.2, 0) is 0 Å². The average Bonchev–Trinajstić information content (AvgIpc) is 1.84. The molecule has 0 aliphatic heterocycles. The molecule has 0 aromatic carbocycles. The van der Waals surface area contributed by atoms with Crippen molar-refractivity contribution in [3.8, 4) is 0 Å². The molecule has 10 heavy (non-hydrogen) atoms. The lowest BCUT2D eigenvalue weighted by Crippen LogP contribution is -2.23. The highest BCUT2D eigenvalue weighted by Gasteiger charge is 2.34. The number of hydrogen-bond acceptors (Lipinski definition) is 0. The van der Waals surface area contributed by atoms with Crippen LogP contribution in [-0.4, -0.2) is 7.85 Å². The maximum atomic E-state index is 12.7. The van der Waals surface area contributed by atoms with Crippen molar-refractivity contribution in [2.75, 3.05) is 0 Å². The van der Waals surface area contributed by atoms with Crippen molar-refractivity contribution in [1.82, 2.24) is 0 Å². The van der Waals surface area contributed by atoms with E-state index in [1.807, 2.05) is 6.92 Å². The van der Waals surface area contributed by atoms with Crippen LogP contribution in [0.25, 0.3) is 0 Å². The van der Waals surface area contributed by atoms with Crippen molar-refractivity contribution >= 4 is 45.2 Å². The van der Waals surface area contributed by atoms with Crippen LogP contribution in [0.2, 0.25) is 0 Å². The van der Waals surface area contributed by atoms with E-state index in [4.69, 9.17) is 0 Å². The molecular formula is C6H10F2I2. The summed E-state index contributed by atoms with van der Waals surface area (Å²) in [7, 11) is 0. The fourth-order valence-corrected chi connectivity index (χ4v) is 1.14. The number of unbranched alkanes of at least 4 members (excludes halogenated alkanes) is 1. The predicted octanol–water partition coefficient (Wildman–Crippen LogP) is 4.01. The molecule has 0 N–H and O–H groups in total. The number of alkyl halides is 4. The zero-order chi connectivity index (χ0) is 8.20. The third kappa shape index (κ3) is 4.25. The maximum Gasteiger partial charge on any atom is 0.268 e. The van der Waals surface area contributed by atoms with Gasteiger partial charge in [-0.05, 0) is 6.42 Å². The molecule has 4 heteroatoms. The van der Waals surface area contributed by atoms with E-state index in [0.29, 0.717) is 6.42 Å². The van der Waals surface area contributed by atoms with Gasteiger partial charge in [-0.1, -0.05) is 58.5 Å². The molecule has 0 bridgehead atoms. The molecule has 0 heterocycles.